The van der Waals surface area contributed by atoms with Crippen LogP contribution in [0.4, 0.5) is 0 Å². The summed E-state index contributed by atoms with van der Waals surface area (Å²) in [6.07, 6.45) is 2.61. The van der Waals surface area contributed by atoms with Crippen LogP contribution in [-0.2, 0) is 4.79 Å². The maximum atomic E-state index is 11.1. The lowest BCUT2D eigenvalue weighted by molar-refractivity contribution is -0.268. The smallest absolute Gasteiger partial charge is 0.328 e. The van der Waals surface area contributed by atoms with Gasteiger partial charge in [0, 0.05) is 6.08 Å². The largest absolute Gasteiger partial charge is 0.872 e. The molecule has 0 aromatic heterocycles. The molecule has 0 atom stereocenters. The standard InChI is InChI=1S/C13H10O3/c14-12-5-4-10-7-9(2-6-13(15)16)1-3-11(10)8-12/h1-8,14H,(H,15,16)/p-1/b6-2+. The topological polar surface area (TPSA) is 60.4 Å². The van der Waals surface area contributed by atoms with E-state index in [1.165, 1.54) is 12.1 Å². The van der Waals surface area contributed by atoms with Gasteiger partial charge in [0.05, 0.1) is 0 Å². The van der Waals surface area contributed by atoms with Crippen LogP contribution in [0.3, 0.4) is 0 Å². The lowest BCUT2D eigenvalue weighted by Crippen LogP contribution is -1.88. The zero-order valence-corrected chi connectivity index (χ0v) is 8.38. The minimum absolute atomic E-state index is 0.0265. The Hall–Kier alpha value is -2.29. The van der Waals surface area contributed by atoms with E-state index < -0.39 is 5.97 Å². The maximum Gasteiger partial charge on any atom is 0.328 e. The number of hydrogen-bond acceptors (Lipinski definition) is 2. The molecule has 1 N–H and O–H groups in total. The predicted octanol–water partition coefficient (Wildman–Crippen LogP) is 2.01. The molecular formula is C13H9O3-. The Morgan fingerprint density at radius 3 is 2.56 bits per heavy atom. The van der Waals surface area contributed by atoms with Crippen molar-refractivity contribution in [2.45, 2.75) is 0 Å². The molecule has 0 fully saturated rings. The molecule has 80 valence electrons. The van der Waals surface area contributed by atoms with Crippen LogP contribution >= 0.6 is 0 Å². The highest BCUT2D eigenvalue weighted by Gasteiger charge is 1.94. The van der Waals surface area contributed by atoms with Crippen molar-refractivity contribution in [2.75, 3.05) is 0 Å². The summed E-state index contributed by atoms with van der Waals surface area (Å²) in [5.74, 6) is -1.00. The molecule has 0 saturated carbocycles. The molecule has 2 rings (SSSR count). The van der Waals surface area contributed by atoms with Crippen molar-refractivity contribution in [2.24, 2.45) is 0 Å². The molecule has 0 aliphatic heterocycles. The molecule has 0 aliphatic carbocycles. The molecule has 0 radical (unpaired) electrons. The number of carboxylic acids is 1. The fourth-order valence-corrected chi connectivity index (χ4v) is 1.51. The van der Waals surface area contributed by atoms with E-state index in [4.69, 9.17) is 5.11 Å². The van der Waals surface area contributed by atoms with Crippen LogP contribution in [0.2, 0.25) is 0 Å². The van der Waals surface area contributed by atoms with Gasteiger partial charge in [0.1, 0.15) is 0 Å². The molecule has 2 aromatic carbocycles. The first kappa shape index (κ1) is 10.2. The van der Waals surface area contributed by atoms with Gasteiger partial charge in [-0.15, -0.1) is 5.75 Å². The molecule has 16 heavy (non-hydrogen) atoms. The second kappa shape index (κ2) is 4.06. The number of carbonyl (C=O) groups is 1. The van der Waals surface area contributed by atoms with E-state index in [-0.39, 0.29) is 5.75 Å². The highest BCUT2D eigenvalue weighted by atomic mass is 16.4. The lowest BCUT2D eigenvalue weighted by Gasteiger charge is -2.06. The quantitative estimate of drug-likeness (QED) is 0.776. The number of carboxylic acid groups (broad SMARTS) is 1. The predicted molar refractivity (Wildman–Crippen MR) is 60.1 cm³/mol. The summed E-state index contributed by atoms with van der Waals surface area (Å²) in [4.78, 5) is 10.4. The summed E-state index contributed by atoms with van der Waals surface area (Å²) in [6.45, 7) is 0. The Morgan fingerprint density at radius 1 is 1.12 bits per heavy atom. The minimum Gasteiger partial charge on any atom is -0.872 e. The van der Waals surface area contributed by atoms with Crippen LogP contribution in [-0.4, -0.2) is 11.1 Å². The monoisotopic (exact) mass is 213 g/mol. The Balaban J connectivity index is 2.44. The normalized spacial score (nSPS) is 11.0. The average molecular weight is 213 g/mol. The SMILES string of the molecule is O=C(O)/C=C/c1ccc2cc([O-])ccc2c1. The number of fused-ring (bicyclic) bond motifs is 1. The van der Waals surface area contributed by atoms with Crippen molar-refractivity contribution in [1.82, 2.24) is 0 Å². The Morgan fingerprint density at radius 2 is 1.81 bits per heavy atom. The highest BCUT2D eigenvalue weighted by molar-refractivity contribution is 5.89. The molecule has 0 amide bonds. The van der Waals surface area contributed by atoms with Crippen LogP contribution in [0.5, 0.6) is 5.75 Å². The Kier molecular flexibility index (Phi) is 2.60. The first-order valence-corrected chi connectivity index (χ1v) is 4.77. The summed E-state index contributed by atoms with van der Waals surface area (Å²) in [6, 6.07) is 10.2. The summed E-state index contributed by atoms with van der Waals surface area (Å²) >= 11 is 0. The van der Waals surface area contributed by atoms with Gasteiger partial charge in [-0.25, -0.2) is 4.79 Å². The van der Waals surface area contributed by atoms with E-state index in [2.05, 4.69) is 0 Å². The van der Waals surface area contributed by atoms with E-state index in [0.29, 0.717) is 0 Å². The van der Waals surface area contributed by atoms with Gasteiger partial charge in [0.2, 0.25) is 0 Å². The summed E-state index contributed by atoms with van der Waals surface area (Å²) in [7, 11) is 0. The van der Waals surface area contributed by atoms with Crippen molar-refractivity contribution in [3.8, 4) is 5.75 Å². The third-order valence-corrected chi connectivity index (χ3v) is 2.25. The van der Waals surface area contributed by atoms with E-state index >= 15 is 0 Å². The van der Waals surface area contributed by atoms with Gasteiger partial charge in [0.25, 0.3) is 0 Å². The molecule has 3 heteroatoms. The molecule has 0 bridgehead atoms. The van der Waals surface area contributed by atoms with Crippen LogP contribution in [0.25, 0.3) is 16.8 Å². The van der Waals surface area contributed by atoms with Gasteiger partial charge in [0.15, 0.2) is 0 Å². The summed E-state index contributed by atoms with van der Waals surface area (Å²) in [5.41, 5.74) is 0.800. The van der Waals surface area contributed by atoms with Gasteiger partial charge in [-0.05, 0) is 28.5 Å². The highest BCUT2D eigenvalue weighted by Crippen LogP contribution is 2.20. The molecule has 3 nitrogen and oxygen atoms in total. The van der Waals surface area contributed by atoms with Crippen molar-refractivity contribution < 1.29 is 15.0 Å². The summed E-state index contributed by atoms with van der Waals surface area (Å²) < 4.78 is 0. The summed E-state index contributed by atoms with van der Waals surface area (Å²) in [5, 5.41) is 21.4. The van der Waals surface area contributed by atoms with Crippen molar-refractivity contribution in [1.29, 1.82) is 0 Å². The number of hydrogen-bond donors (Lipinski definition) is 1. The Bertz CT molecular complexity index is 570. The minimum atomic E-state index is -0.977. The second-order valence-corrected chi connectivity index (χ2v) is 3.44. The van der Waals surface area contributed by atoms with Gasteiger partial charge in [-0.2, -0.15) is 0 Å². The zero-order chi connectivity index (χ0) is 11.5. The fourth-order valence-electron chi connectivity index (χ4n) is 1.51. The van der Waals surface area contributed by atoms with Crippen LogP contribution < -0.4 is 5.11 Å². The van der Waals surface area contributed by atoms with Gasteiger partial charge in [-0.1, -0.05) is 30.3 Å². The van der Waals surface area contributed by atoms with Gasteiger partial charge >= 0.3 is 5.97 Å². The number of benzene rings is 2. The maximum absolute atomic E-state index is 11.1. The number of aliphatic carboxylic acids is 1. The molecule has 0 spiro atoms. The third-order valence-electron chi connectivity index (χ3n) is 2.25. The van der Waals surface area contributed by atoms with Crippen LogP contribution in [0, 0.1) is 0 Å². The van der Waals surface area contributed by atoms with Crippen molar-refractivity contribution in [3.63, 3.8) is 0 Å². The molecule has 0 saturated heterocycles. The van der Waals surface area contributed by atoms with Gasteiger partial charge < -0.3 is 10.2 Å². The molecule has 0 heterocycles. The van der Waals surface area contributed by atoms with Crippen molar-refractivity contribution >= 4 is 22.8 Å². The Labute approximate surface area is 92.3 Å². The molecule has 0 unspecified atom stereocenters. The first-order valence-electron chi connectivity index (χ1n) is 4.77. The fraction of sp³-hybridized carbons (Fsp3) is 0. The molecular weight excluding hydrogens is 204 g/mol. The molecule has 0 aliphatic rings. The van der Waals surface area contributed by atoms with E-state index in [0.717, 1.165) is 22.4 Å². The zero-order valence-electron chi connectivity index (χ0n) is 8.38. The van der Waals surface area contributed by atoms with E-state index in [1.54, 1.807) is 24.3 Å². The first-order chi connectivity index (χ1) is 7.65. The molecule has 2 aromatic rings. The van der Waals surface area contributed by atoms with E-state index in [9.17, 15) is 9.90 Å². The van der Waals surface area contributed by atoms with Crippen LogP contribution in [0.15, 0.2) is 42.5 Å². The second-order valence-electron chi connectivity index (χ2n) is 3.44. The third kappa shape index (κ3) is 2.20. The van der Waals surface area contributed by atoms with E-state index in [1.807, 2.05) is 6.07 Å². The average Bonchev–Trinajstić information content (AvgIpc) is 2.26. The lowest BCUT2D eigenvalue weighted by atomic mass is 10.1. The van der Waals surface area contributed by atoms with Crippen LogP contribution in [0.1, 0.15) is 5.56 Å². The van der Waals surface area contributed by atoms with Gasteiger partial charge in [-0.3, -0.25) is 0 Å². The van der Waals surface area contributed by atoms with Crippen molar-refractivity contribution in [3.05, 3.63) is 48.0 Å². The number of rotatable bonds is 2.